The van der Waals surface area contributed by atoms with Gasteiger partial charge in [0.2, 0.25) is 0 Å². The zero-order valence-corrected chi connectivity index (χ0v) is 15.6. The topological polar surface area (TPSA) is 33.5 Å². The van der Waals surface area contributed by atoms with Gasteiger partial charge in [-0.25, -0.2) is 0 Å². The van der Waals surface area contributed by atoms with E-state index in [2.05, 4.69) is 0 Å². The highest BCUT2D eigenvalue weighted by molar-refractivity contribution is 8.27. The van der Waals surface area contributed by atoms with Crippen LogP contribution < -0.4 is 4.90 Å². The smallest absolute Gasteiger partial charge is 0.270 e. The molecule has 128 valence electrons. The minimum absolute atomic E-state index is 0.122. The maximum atomic E-state index is 12.8. The molecule has 1 saturated heterocycles. The number of carbonyl (C=O) groups excluding carboxylic acids is 1. The van der Waals surface area contributed by atoms with Gasteiger partial charge in [-0.1, -0.05) is 66.4 Å². The van der Waals surface area contributed by atoms with Gasteiger partial charge in [-0.15, -0.1) is 0 Å². The summed E-state index contributed by atoms with van der Waals surface area (Å²) in [5.41, 5.74) is 2.87. The van der Waals surface area contributed by atoms with Crippen molar-refractivity contribution in [3.63, 3.8) is 0 Å². The van der Waals surface area contributed by atoms with E-state index in [1.54, 1.807) is 11.0 Å². The Hall–Kier alpha value is -2.63. The molecule has 0 radical (unpaired) electrons. The summed E-state index contributed by atoms with van der Waals surface area (Å²) in [6.45, 7) is 1.99. The van der Waals surface area contributed by atoms with E-state index in [1.807, 2.05) is 73.7 Å². The lowest BCUT2D eigenvalue weighted by Gasteiger charge is -2.14. The summed E-state index contributed by atoms with van der Waals surface area (Å²) in [5.74, 6) is 1.28. The van der Waals surface area contributed by atoms with Crippen LogP contribution in [0.25, 0.3) is 17.4 Å². The van der Waals surface area contributed by atoms with Crippen LogP contribution in [0.3, 0.4) is 0 Å². The molecule has 3 nitrogen and oxygen atoms in total. The van der Waals surface area contributed by atoms with E-state index in [0.717, 1.165) is 22.6 Å². The molecule has 4 rings (SSSR count). The number of nitrogens with zero attached hydrogens (tertiary/aromatic N) is 1. The molecule has 1 amide bonds. The molecule has 5 heteroatoms. The third-order valence-electron chi connectivity index (χ3n) is 4.01. The molecule has 0 spiro atoms. The second-order valence-electron chi connectivity index (χ2n) is 5.92. The van der Waals surface area contributed by atoms with Crippen LogP contribution in [0.4, 0.5) is 5.69 Å². The van der Waals surface area contributed by atoms with Gasteiger partial charge >= 0.3 is 0 Å². The average molecular weight is 377 g/mol. The average Bonchev–Trinajstić information content (AvgIpc) is 3.21. The molecule has 2 aromatic carbocycles. The van der Waals surface area contributed by atoms with Crippen molar-refractivity contribution in [2.24, 2.45) is 0 Å². The quantitative estimate of drug-likeness (QED) is 0.435. The summed E-state index contributed by atoms with van der Waals surface area (Å²) in [4.78, 5) is 14.9. The Balaban J connectivity index is 1.62. The predicted octanol–water partition coefficient (Wildman–Crippen LogP) is 5.66. The number of benzene rings is 2. The van der Waals surface area contributed by atoms with Crippen molar-refractivity contribution in [2.45, 2.75) is 6.92 Å². The molecular weight excluding hydrogens is 362 g/mol. The van der Waals surface area contributed by atoms with Gasteiger partial charge in [0.15, 0.2) is 4.32 Å². The van der Waals surface area contributed by atoms with Gasteiger partial charge in [-0.2, -0.15) is 0 Å². The highest BCUT2D eigenvalue weighted by Gasteiger charge is 2.33. The largest absolute Gasteiger partial charge is 0.457 e. The van der Waals surface area contributed by atoms with E-state index in [-0.39, 0.29) is 5.91 Å². The van der Waals surface area contributed by atoms with Crippen LogP contribution in [0.5, 0.6) is 0 Å². The summed E-state index contributed by atoms with van der Waals surface area (Å²) in [7, 11) is 0. The van der Waals surface area contributed by atoms with Crippen molar-refractivity contribution in [3.8, 4) is 11.3 Å². The van der Waals surface area contributed by atoms with Crippen molar-refractivity contribution in [1.82, 2.24) is 0 Å². The van der Waals surface area contributed by atoms with Gasteiger partial charge in [0, 0.05) is 11.6 Å². The molecule has 0 saturated carbocycles. The molecule has 0 atom stereocenters. The molecule has 1 aliphatic rings. The molecular formula is C21H15NO2S2. The summed E-state index contributed by atoms with van der Waals surface area (Å²) in [5, 5.41) is 0. The fourth-order valence-electron chi connectivity index (χ4n) is 2.77. The zero-order valence-electron chi connectivity index (χ0n) is 14.0. The van der Waals surface area contributed by atoms with Crippen LogP contribution in [-0.2, 0) is 4.79 Å². The fraction of sp³-hybridized carbons (Fsp3) is 0.0476. The number of hydrogen-bond acceptors (Lipinski definition) is 4. The molecule has 0 unspecified atom stereocenters. The van der Waals surface area contributed by atoms with E-state index in [0.29, 0.717) is 15.0 Å². The number of thiocarbonyl (C=S) groups is 1. The predicted molar refractivity (Wildman–Crippen MR) is 111 cm³/mol. The first kappa shape index (κ1) is 16.8. The van der Waals surface area contributed by atoms with E-state index in [1.165, 1.54) is 11.8 Å². The number of amides is 1. The Morgan fingerprint density at radius 3 is 2.62 bits per heavy atom. The summed E-state index contributed by atoms with van der Waals surface area (Å²) < 4.78 is 6.40. The normalized spacial score (nSPS) is 15.9. The number of thioether (sulfide) groups is 1. The summed E-state index contributed by atoms with van der Waals surface area (Å²) in [6, 6.07) is 21.4. The van der Waals surface area contributed by atoms with Crippen LogP contribution in [0.1, 0.15) is 11.3 Å². The highest BCUT2D eigenvalue weighted by atomic mass is 32.2. The second kappa shape index (κ2) is 6.94. The van der Waals surface area contributed by atoms with Crippen LogP contribution in [0, 0.1) is 6.92 Å². The zero-order chi connectivity index (χ0) is 18.1. The molecule has 0 aliphatic carbocycles. The fourth-order valence-corrected chi connectivity index (χ4v) is 4.05. The lowest BCUT2D eigenvalue weighted by atomic mass is 10.2. The van der Waals surface area contributed by atoms with Crippen molar-refractivity contribution in [2.75, 3.05) is 4.90 Å². The number of aryl methyl sites for hydroxylation is 1. The first-order valence-electron chi connectivity index (χ1n) is 8.12. The number of hydrogen-bond donors (Lipinski definition) is 0. The van der Waals surface area contributed by atoms with E-state index >= 15 is 0 Å². The number of furan rings is 1. The van der Waals surface area contributed by atoms with Crippen LogP contribution >= 0.6 is 24.0 Å². The molecule has 1 aromatic heterocycles. The van der Waals surface area contributed by atoms with E-state index < -0.39 is 0 Å². The third-order valence-corrected chi connectivity index (χ3v) is 5.31. The third kappa shape index (κ3) is 3.23. The molecule has 26 heavy (non-hydrogen) atoms. The van der Waals surface area contributed by atoms with E-state index in [4.69, 9.17) is 16.6 Å². The minimum Gasteiger partial charge on any atom is -0.457 e. The lowest BCUT2D eigenvalue weighted by Crippen LogP contribution is -2.27. The van der Waals surface area contributed by atoms with Gasteiger partial charge in [0.1, 0.15) is 11.5 Å². The minimum atomic E-state index is -0.122. The van der Waals surface area contributed by atoms with Crippen molar-refractivity contribution >= 4 is 46.0 Å². The first-order valence-corrected chi connectivity index (χ1v) is 9.34. The number of rotatable bonds is 3. The molecule has 2 heterocycles. The van der Waals surface area contributed by atoms with Crippen LogP contribution in [0.2, 0.25) is 0 Å². The molecule has 3 aromatic rings. The SMILES string of the molecule is Cc1cccc(N2C(=O)/C(=C\c3ccc(-c4ccccc4)o3)SC2=S)c1. The van der Waals surface area contributed by atoms with Gasteiger partial charge < -0.3 is 4.42 Å². The van der Waals surface area contributed by atoms with Crippen molar-refractivity contribution in [1.29, 1.82) is 0 Å². The molecule has 0 bridgehead atoms. The highest BCUT2D eigenvalue weighted by Crippen LogP contribution is 2.36. The van der Waals surface area contributed by atoms with E-state index in [9.17, 15) is 4.79 Å². The maximum absolute atomic E-state index is 12.8. The Bertz CT molecular complexity index is 1020. The summed E-state index contributed by atoms with van der Waals surface area (Å²) >= 11 is 6.71. The van der Waals surface area contributed by atoms with Gasteiger partial charge in [-0.05, 0) is 36.8 Å². The Morgan fingerprint density at radius 1 is 1.04 bits per heavy atom. The Morgan fingerprint density at radius 2 is 1.85 bits per heavy atom. The monoisotopic (exact) mass is 377 g/mol. The summed E-state index contributed by atoms with van der Waals surface area (Å²) in [6.07, 6.45) is 1.75. The van der Waals surface area contributed by atoms with Crippen molar-refractivity contribution in [3.05, 3.63) is 83.0 Å². The molecule has 1 aliphatic heterocycles. The van der Waals surface area contributed by atoms with Gasteiger partial charge in [0.25, 0.3) is 5.91 Å². The maximum Gasteiger partial charge on any atom is 0.270 e. The second-order valence-corrected chi connectivity index (χ2v) is 7.60. The van der Waals surface area contributed by atoms with Crippen LogP contribution in [-0.4, -0.2) is 10.2 Å². The standard InChI is InChI=1S/C21H15NO2S2/c1-14-6-5-9-16(12-14)22-20(23)19(26-21(22)25)13-17-10-11-18(24-17)15-7-3-2-4-8-15/h2-13H,1H3/b19-13+. The van der Waals surface area contributed by atoms with Gasteiger partial charge in [0.05, 0.1) is 10.6 Å². The van der Waals surface area contributed by atoms with Crippen LogP contribution in [0.15, 0.2) is 76.1 Å². The molecule has 1 fully saturated rings. The molecule has 0 N–H and O–H groups in total. The number of anilines is 1. The lowest BCUT2D eigenvalue weighted by molar-refractivity contribution is -0.113. The van der Waals surface area contributed by atoms with Crippen molar-refractivity contribution < 1.29 is 9.21 Å². The Labute approximate surface area is 161 Å². The Kier molecular flexibility index (Phi) is 4.49. The first-order chi connectivity index (χ1) is 12.6. The van der Waals surface area contributed by atoms with Gasteiger partial charge in [-0.3, -0.25) is 9.69 Å². The number of carbonyl (C=O) groups is 1.